The fourth-order valence-corrected chi connectivity index (χ4v) is 1.45. The van der Waals surface area contributed by atoms with Crippen molar-refractivity contribution in [3.05, 3.63) is 28.0 Å². The van der Waals surface area contributed by atoms with Crippen molar-refractivity contribution >= 4 is 15.9 Å². The molecule has 0 saturated heterocycles. The highest BCUT2D eigenvalue weighted by molar-refractivity contribution is 9.10. The zero-order valence-electron chi connectivity index (χ0n) is 7.31. The molecule has 72 valence electrons. The van der Waals surface area contributed by atoms with Gasteiger partial charge in [0.05, 0.1) is 15.6 Å². The standard InChI is InChI=1S/C9H10BrFO2/c1-9(2,13)7-6(11)4-3-5(10)8(7)12/h3-4,12-13H,1-2H3. The largest absolute Gasteiger partial charge is 0.506 e. The molecule has 0 amide bonds. The number of phenolic OH excluding ortho intramolecular Hbond substituents is 1. The highest BCUT2D eigenvalue weighted by atomic mass is 79.9. The van der Waals surface area contributed by atoms with Crippen LogP contribution in [0, 0.1) is 5.82 Å². The molecule has 0 unspecified atom stereocenters. The van der Waals surface area contributed by atoms with E-state index in [1.807, 2.05) is 0 Å². The van der Waals surface area contributed by atoms with Gasteiger partial charge in [0.15, 0.2) is 0 Å². The monoisotopic (exact) mass is 248 g/mol. The van der Waals surface area contributed by atoms with Crippen LogP contribution in [0.15, 0.2) is 16.6 Å². The van der Waals surface area contributed by atoms with Crippen molar-refractivity contribution < 1.29 is 14.6 Å². The van der Waals surface area contributed by atoms with Crippen molar-refractivity contribution in [3.63, 3.8) is 0 Å². The van der Waals surface area contributed by atoms with Gasteiger partial charge >= 0.3 is 0 Å². The highest BCUT2D eigenvalue weighted by Gasteiger charge is 2.25. The first-order chi connectivity index (χ1) is 5.84. The Labute approximate surface area is 84.1 Å². The summed E-state index contributed by atoms with van der Waals surface area (Å²) >= 11 is 3.04. The molecular formula is C9H10BrFO2. The summed E-state index contributed by atoms with van der Waals surface area (Å²) in [6, 6.07) is 2.58. The third kappa shape index (κ3) is 2.00. The van der Waals surface area contributed by atoms with Crippen molar-refractivity contribution in [2.24, 2.45) is 0 Å². The van der Waals surface area contributed by atoms with Gasteiger partial charge in [-0.1, -0.05) is 0 Å². The molecule has 13 heavy (non-hydrogen) atoms. The number of halogens is 2. The second-order valence-electron chi connectivity index (χ2n) is 3.31. The van der Waals surface area contributed by atoms with Gasteiger partial charge in [0.1, 0.15) is 11.6 Å². The molecule has 0 radical (unpaired) electrons. The lowest BCUT2D eigenvalue weighted by molar-refractivity contribution is 0.0715. The third-order valence-corrected chi connectivity index (χ3v) is 2.33. The summed E-state index contributed by atoms with van der Waals surface area (Å²) in [7, 11) is 0. The van der Waals surface area contributed by atoms with Gasteiger partial charge in [-0.25, -0.2) is 4.39 Å². The number of rotatable bonds is 1. The van der Waals surface area contributed by atoms with Gasteiger partial charge in [0.25, 0.3) is 0 Å². The number of aromatic hydroxyl groups is 1. The van der Waals surface area contributed by atoms with E-state index in [9.17, 15) is 14.6 Å². The van der Waals surface area contributed by atoms with E-state index in [2.05, 4.69) is 15.9 Å². The average molecular weight is 249 g/mol. The Kier molecular flexibility index (Phi) is 2.63. The molecule has 0 aliphatic heterocycles. The quantitative estimate of drug-likeness (QED) is 0.802. The molecule has 0 aromatic heterocycles. The van der Waals surface area contributed by atoms with Crippen LogP contribution in [0.1, 0.15) is 19.4 Å². The predicted octanol–water partition coefficient (Wildman–Crippen LogP) is 2.52. The molecule has 0 bridgehead atoms. The molecule has 0 spiro atoms. The van der Waals surface area contributed by atoms with Crippen molar-refractivity contribution in [1.82, 2.24) is 0 Å². The van der Waals surface area contributed by atoms with Crippen LogP contribution < -0.4 is 0 Å². The van der Waals surface area contributed by atoms with E-state index in [1.54, 1.807) is 0 Å². The Hall–Kier alpha value is -0.610. The van der Waals surface area contributed by atoms with Gasteiger partial charge in [0.2, 0.25) is 0 Å². The number of benzene rings is 1. The van der Waals surface area contributed by atoms with E-state index in [1.165, 1.54) is 26.0 Å². The van der Waals surface area contributed by atoms with Crippen LogP contribution in [-0.2, 0) is 5.60 Å². The fourth-order valence-electron chi connectivity index (χ4n) is 1.12. The van der Waals surface area contributed by atoms with Crippen molar-refractivity contribution in [2.75, 3.05) is 0 Å². The first kappa shape index (κ1) is 10.5. The second kappa shape index (κ2) is 3.27. The van der Waals surface area contributed by atoms with Crippen LogP contribution in [0.5, 0.6) is 5.75 Å². The maximum atomic E-state index is 13.2. The first-order valence-corrected chi connectivity index (χ1v) is 4.53. The Bertz CT molecular complexity index is 331. The molecule has 0 atom stereocenters. The molecule has 1 aromatic carbocycles. The summed E-state index contributed by atoms with van der Waals surface area (Å²) in [6.45, 7) is 2.83. The number of hydrogen-bond donors (Lipinski definition) is 2. The van der Waals surface area contributed by atoms with Crippen LogP contribution in [0.4, 0.5) is 4.39 Å². The lowest BCUT2D eigenvalue weighted by atomic mass is 9.97. The zero-order chi connectivity index (χ0) is 10.2. The van der Waals surface area contributed by atoms with Crippen molar-refractivity contribution in [3.8, 4) is 5.75 Å². The van der Waals surface area contributed by atoms with E-state index < -0.39 is 11.4 Å². The molecule has 2 nitrogen and oxygen atoms in total. The first-order valence-electron chi connectivity index (χ1n) is 3.74. The van der Waals surface area contributed by atoms with Gasteiger partial charge in [0, 0.05) is 0 Å². The minimum atomic E-state index is -1.39. The SMILES string of the molecule is CC(C)(O)c1c(F)ccc(Br)c1O. The van der Waals surface area contributed by atoms with Crippen molar-refractivity contribution in [1.29, 1.82) is 0 Å². The minimum Gasteiger partial charge on any atom is -0.506 e. The van der Waals surface area contributed by atoms with Gasteiger partial charge in [-0.2, -0.15) is 0 Å². The number of phenols is 1. The minimum absolute atomic E-state index is 0.0955. The summed E-state index contributed by atoms with van der Waals surface area (Å²) in [5, 5.41) is 19.0. The van der Waals surface area contributed by atoms with Crippen LogP contribution in [0.2, 0.25) is 0 Å². The Morgan fingerprint density at radius 2 is 1.92 bits per heavy atom. The average Bonchev–Trinajstić information content (AvgIpc) is 1.95. The van der Waals surface area contributed by atoms with Gasteiger partial charge < -0.3 is 10.2 Å². The van der Waals surface area contributed by atoms with Gasteiger partial charge in [-0.15, -0.1) is 0 Å². The number of aliphatic hydroxyl groups is 1. The van der Waals surface area contributed by atoms with E-state index in [0.717, 1.165) is 0 Å². The number of hydrogen-bond acceptors (Lipinski definition) is 2. The Balaban J connectivity index is 3.43. The second-order valence-corrected chi connectivity index (χ2v) is 4.17. The van der Waals surface area contributed by atoms with Gasteiger partial charge in [-0.3, -0.25) is 0 Å². The summed E-state index contributed by atoms with van der Waals surface area (Å²) in [4.78, 5) is 0. The van der Waals surface area contributed by atoms with Gasteiger partial charge in [-0.05, 0) is 41.9 Å². The summed E-state index contributed by atoms with van der Waals surface area (Å²) in [6.07, 6.45) is 0. The summed E-state index contributed by atoms with van der Waals surface area (Å²) in [5.41, 5.74) is -1.49. The Morgan fingerprint density at radius 3 is 2.31 bits per heavy atom. The summed E-state index contributed by atoms with van der Waals surface area (Å²) in [5.74, 6) is -0.874. The predicted molar refractivity (Wildman–Crippen MR) is 51.0 cm³/mol. The smallest absolute Gasteiger partial charge is 0.138 e. The molecule has 1 rings (SSSR count). The molecule has 4 heteroatoms. The normalized spacial score (nSPS) is 11.8. The molecular weight excluding hydrogens is 239 g/mol. The lowest BCUT2D eigenvalue weighted by Gasteiger charge is -2.20. The van der Waals surface area contributed by atoms with Crippen LogP contribution in [0.3, 0.4) is 0 Å². The van der Waals surface area contributed by atoms with Crippen LogP contribution in [0.25, 0.3) is 0 Å². The van der Waals surface area contributed by atoms with Crippen molar-refractivity contribution in [2.45, 2.75) is 19.4 Å². The van der Waals surface area contributed by atoms with E-state index in [-0.39, 0.29) is 11.3 Å². The van der Waals surface area contributed by atoms with E-state index in [0.29, 0.717) is 4.47 Å². The third-order valence-electron chi connectivity index (χ3n) is 1.69. The molecule has 1 aromatic rings. The summed E-state index contributed by atoms with van der Waals surface area (Å²) < 4.78 is 13.6. The molecule has 0 aliphatic carbocycles. The molecule has 2 N–H and O–H groups in total. The van der Waals surface area contributed by atoms with Crippen LogP contribution in [-0.4, -0.2) is 10.2 Å². The maximum absolute atomic E-state index is 13.2. The molecule has 0 saturated carbocycles. The van der Waals surface area contributed by atoms with E-state index in [4.69, 9.17) is 0 Å². The molecule has 0 aliphatic rings. The Morgan fingerprint density at radius 1 is 1.38 bits per heavy atom. The highest BCUT2D eigenvalue weighted by Crippen LogP contribution is 2.36. The van der Waals surface area contributed by atoms with Crippen LogP contribution >= 0.6 is 15.9 Å². The lowest BCUT2D eigenvalue weighted by Crippen LogP contribution is -2.17. The molecule has 0 heterocycles. The maximum Gasteiger partial charge on any atom is 0.138 e. The van der Waals surface area contributed by atoms with E-state index >= 15 is 0 Å². The topological polar surface area (TPSA) is 40.5 Å². The fraction of sp³-hybridized carbons (Fsp3) is 0.333. The zero-order valence-corrected chi connectivity index (χ0v) is 8.89. The molecule has 0 fully saturated rings.